The van der Waals surface area contributed by atoms with Crippen molar-refractivity contribution < 1.29 is 24.2 Å². The molecule has 2 N–H and O–H groups in total. The highest BCUT2D eigenvalue weighted by Gasteiger charge is 2.46. The van der Waals surface area contributed by atoms with Gasteiger partial charge in [0.05, 0.1) is 5.92 Å². The van der Waals surface area contributed by atoms with E-state index in [9.17, 15) is 24.2 Å². The van der Waals surface area contributed by atoms with Crippen LogP contribution in [0.25, 0.3) is 0 Å². The number of aliphatic hydroxyl groups is 2. The summed E-state index contributed by atoms with van der Waals surface area (Å²) in [6.45, 7) is 0. The SMILES string of the molecule is O=C1CCSC[C@H]1[C@@H](O)C(F)N1C(=O)c2cc(C3CCC3)ccc2C1O. The van der Waals surface area contributed by atoms with Crippen molar-refractivity contribution in [1.82, 2.24) is 4.90 Å². The molecular weight excluding hydrogens is 357 g/mol. The number of rotatable bonds is 4. The number of fused-ring (bicyclic) bond motifs is 1. The second-order valence-electron chi connectivity index (χ2n) is 7.32. The molecule has 2 fully saturated rings. The molecule has 1 aliphatic carbocycles. The lowest BCUT2D eigenvalue weighted by atomic mass is 9.79. The molecule has 0 aromatic heterocycles. The largest absolute Gasteiger partial charge is 0.387 e. The Hall–Kier alpha value is -1.44. The van der Waals surface area contributed by atoms with Crippen LogP contribution in [0.3, 0.4) is 0 Å². The normalized spacial score (nSPS) is 28.7. The van der Waals surface area contributed by atoms with Gasteiger partial charge >= 0.3 is 0 Å². The third-order valence-electron chi connectivity index (χ3n) is 5.82. The van der Waals surface area contributed by atoms with Crippen LogP contribution in [-0.4, -0.2) is 50.7 Å². The first-order valence-corrected chi connectivity index (χ1v) is 10.2. The Labute approximate surface area is 155 Å². The summed E-state index contributed by atoms with van der Waals surface area (Å²) in [6, 6.07) is 5.30. The summed E-state index contributed by atoms with van der Waals surface area (Å²) in [6.07, 6.45) is -1.59. The highest BCUT2D eigenvalue weighted by Crippen LogP contribution is 2.41. The fourth-order valence-electron chi connectivity index (χ4n) is 3.93. The van der Waals surface area contributed by atoms with Gasteiger partial charge in [0.15, 0.2) is 6.23 Å². The fourth-order valence-corrected chi connectivity index (χ4v) is 5.08. The molecule has 0 bridgehead atoms. The lowest BCUT2D eigenvalue weighted by Gasteiger charge is -2.33. The number of thioether (sulfide) groups is 1. The molecular formula is C19H22FNO4S. The molecule has 3 aliphatic rings. The van der Waals surface area contributed by atoms with Crippen LogP contribution in [0, 0.1) is 5.92 Å². The molecule has 4 rings (SSSR count). The number of hydrogen-bond donors (Lipinski definition) is 2. The number of halogens is 1. The van der Waals surface area contributed by atoms with Crippen LogP contribution in [-0.2, 0) is 4.79 Å². The van der Waals surface area contributed by atoms with Gasteiger partial charge in [-0.15, -0.1) is 0 Å². The van der Waals surface area contributed by atoms with Crippen molar-refractivity contribution in [1.29, 1.82) is 0 Å². The van der Waals surface area contributed by atoms with Crippen molar-refractivity contribution in [3.05, 3.63) is 34.9 Å². The summed E-state index contributed by atoms with van der Waals surface area (Å²) in [5.41, 5.74) is 1.69. The summed E-state index contributed by atoms with van der Waals surface area (Å²) >= 11 is 1.48. The topological polar surface area (TPSA) is 77.8 Å². The van der Waals surface area contributed by atoms with E-state index in [2.05, 4.69) is 0 Å². The number of hydrogen-bond acceptors (Lipinski definition) is 5. The van der Waals surface area contributed by atoms with Gasteiger partial charge in [0.2, 0.25) is 6.30 Å². The van der Waals surface area contributed by atoms with Crippen LogP contribution < -0.4 is 0 Å². The summed E-state index contributed by atoms with van der Waals surface area (Å²) in [7, 11) is 0. The Kier molecular flexibility index (Phi) is 4.79. The van der Waals surface area contributed by atoms with Gasteiger partial charge in [0.1, 0.15) is 11.9 Å². The lowest BCUT2D eigenvalue weighted by molar-refractivity contribution is -0.134. The van der Waals surface area contributed by atoms with Crippen LogP contribution >= 0.6 is 11.8 Å². The Balaban J connectivity index is 1.56. The molecule has 140 valence electrons. The summed E-state index contributed by atoms with van der Waals surface area (Å²) < 4.78 is 15.0. The first-order chi connectivity index (χ1) is 12.5. The number of carbonyl (C=O) groups excluding carboxylic acids is 2. The van der Waals surface area contributed by atoms with E-state index in [-0.39, 0.29) is 5.78 Å². The van der Waals surface area contributed by atoms with Gasteiger partial charge in [0, 0.05) is 29.1 Å². The molecule has 1 aromatic carbocycles. The smallest absolute Gasteiger partial charge is 0.258 e. The number of carbonyl (C=O) groups is 2. The molecule has 1 saturated heterocycles. The molecule has 5 nitrogen and oxygen atoms in total. The first-order valence-electron chi connectivity index (χ1n) is 9.06. The van der Waals surface area contributed by atoms with Crippen LogP contribution in [0.15, 0.2) is 18.2 Å². The van der Waals surface area contributed by atoms with Crippen molar-refractivity contribution in [2.24, 2.45) is 5.92 Å². The van der Waals surface area contributed by atoms with Crippen molar-refractivity contribution in [3.8, 4) is 0 Å². The van der Waals surface area contributed by atoms with E-state index in [1.165, 1.54) is 11.8 Å². The molecule has 0 radical (unpaired) electrons. The molecule has 2 heterocycles. The number of alkyl halides is 1. The predicted octanol–water partition coefficient (Wildman–Crippen LogP) is 2.38. The van der Waals surface area contributed by atoms with Crippen molar-refractivity contribution in [2.45, 2.75) is 50.2 Å². The average molecular weight is 379 g/mol. The number of Topliss-reactive ketones (excluding diaryl/α,β-unsaturated/α-hetero) is 1. The van der Waals surface area contributed by atoms with E-state index in [0.717, 1.165) is 24.8 Å². The highest BCUT2D eigenvalue weighted by molar-refractivity contribution is 7.99. The van der Waals surface area contributed by atoms with Gasteiger partial charge in [-0.1, -0.05) is 18.6 Å². The maximum Gasteiger partial charge on any atom is 0.258 e. The van der Waals surface area contributed by atoms with E-state index in [1.54, 1.807) is 12.1 Å². The number of benzene rings is 1. The number of aliphatic hydroxyl groups excluding tert-OH is 2. The second-order valence-corrected chi connectivity index (χ2v) is 8.47. The van der Waals surface area contributed by atoms with Crippen LogP contribution in [0.4, 0.5) is 4.39 Å². The van der Waals surface area contributed by atoms with Crippen LogP contribution in [0.2, 0.25) is 0 Å². The number of amides is 1. The van der Waals surface area contributed by atoms with Gasteiger partial charge in [-0.3, -0.25) is 14.5 Å². The minimum atomic E-state index is -2.12. The van der Waals surface area contributed by atoms with E-state index in [1.807, 2.05) is 6.07 Å². The summed E-state index contributed by atoms with van der Waals surface area (Å²) in [5.74, 6) is -0.251. The quantitative estimate of drug-likeness (QED) is 0.786. The van der Waals surface area contributed by atoms with E-state index in [0.29, 0.717) is 39.9 Å². The molecule has 2 unspecified atom stereocenters. The minimum Gasteiger partial charge on any atom is -0.387 e. The highest BCUT2D eigenvalue weighted by atomic mass is 32.2. The van der Waals surface area contributed by atoms with E-state index in [4.69, 9.17) is 0 Å². The van der Waals surface area contributed by atoms with Crippen LogP contribution in [0.5, 0.6) is 0 Å². The number of nitrogens with zero attached hydrogens (tertiary/aromatic N) is 1. The van der Waals surface area contributed by atoms with Gasteiger partial charge in [-0.2, -0.15) is 11.8 Å². The lowest BCUT2D eigenvalue weighted by Crippen LogP contribution is -2.49. The van der Waals surface area contributed by atoms with Crippen LogP contribution in [0.1, 0.15) is 59.3 Å². The van der Waals surface area contributed by atoms with Crippen molar-refractivity contribution >= 4 is 23.5 Å². The molecule has 26 heavy (non-hydrogen) atoms. The fraction of sp³-hybridized carbons (Fsp3) is 0.579. The first kappa shape index (κ1) is 17.9. The minimum absolute atomic E-state index is 0.190. The Bertz CT molecular complexity index is 738. The number of ketones is 1. The second kappa shape index (κ2) is 6.94. The molecule has 4 atom stereocenters. The standard InChI is InChI=1S/C19H22FNO4S/c20-17(16(23)14-9-26-7-6-15(14)22)21-18(24)12-5-4-11(10-2-1-3-10)8-13(12)19(21)25/h4-5,8,10,14,16-18,23-24H,1-3,6-7,9H2/t14-,16-,17?,18?/m1/s1. The predicted molar refractivity (Wildman–Crippen MR) is 95.5 cm³/mol. The maximum absolute atomic E-state index is 15.0. The third-order valence-corrected chi connectivity index (χ3v) is 6.91. The van der Waals surface area contributed by atoms with Gasteiger partial charge < -0.3 is 10.2 Å². The van der Waals surface area contributed by atoms with Gasteiger partial charge in [-0.25, -0.2) is 4.39 Å². The Morgan fingerprint density at radius 1 is 1.27 bits per heavy atom. The maximum atomic E-state index is 15.0. The van der Waals surface area contributed by atoms with E-state index < -0.39 is 30.5 Å². The van der Waals surface area contributed by atoms with Crippen molar-refractivity contribution in [3.63, 3.8) is 0 Å². The molecule has 1 amide bonds. The Morgan fingerprint density at radius 2 is 2.04 bits per heavy atom. The molecule has 7 heteroatoms. The monoisotopic (exact) mass is 379 g/mol. The zero-order valence-electron chi connectivity index (χ0n) is 14.3. The Morgan fingerprint density at radius 3 is 2.69 bits per heavy atom. The zero-order chi connectivity index (χ0) is 18.4. The van der Waals surface area contributed by atoms with Gasteiger partial charge in [0.25, 0.3) is 5.91 Å². The molecule has 2 aliphatic heterocycles. The molecule has 1 aromatic rings. The molecule has 0 spiro atoms. The zero-order valence-corrected chi connectivity index (χ0v) is 15.1. The molecule has 1 saturated carbocycles. The summed E-state index contributed by atoms with van der Waals surface area (Å²) in [4.78, 5) is 25.4. The van der Waals surface area contributed by atoms with Gasteiger partial charge in [-0.05, 0) is 30.4 Å². The summed E-state index contributed by atoms with van der Waals surface area (Å²) in [5, 5.41) is 20.8. The van der Waals surface area contributed by atoms with Crippen molar-refractivity contribution in [2.75, 3.05) is 11.5 Å². The van der Waals surface area contributed by atoms with E-state index >= 15 is 0 Å². The average Bonchev–Trinajstić information content (AvgIpc) is 2.83. The third kappa shape index (κ3) is 2.86.